The Bertz CT molecular complexity index is 1100. The Labute approximate surface area is 155 Å². The molecular weight excluding hydrogens is 346 g/mol. The standard InChI is InChI=1S/C19H19N5OS/c1-3-25-13-6-4-12(5-7-13)17-21-18-16-14-8-9-23(2)10-15(14)26-19(16)20-11-24(18)22-17/h4-7,11H,3,8-10H2,1-2H3. The lowest BCUT2D eigenvalue weighted by atomic mass is 10.1. The molecule has 0 bridgehead atoms. The molecule has 6 nitrogen and oxygen atoms in total. The zero-order chi connectivity index (χ0) is 17.7. The largest absolute Gasteiger partial charge is 0.494 e. The quantitative estimate of drug-likeness (QED) is 0.557. The van der Waals surface area contributed by atoms with E-state index in [0.717, 1.165) is 47.1 Å². The molecule has 0 atom stereocenters. The summed E-state index contributed by atoms with van der Waals surface area (Å²) in [6, 6.07) is 7.92. The predicted octanol–water partition coefficient (Wildman–Crippen LogP) is 3.39. The van der Waals surface area contributed by atoms with Crippen molar-refractivity contribution in [3.8, 4) is 17.1 Å². The van der Waals surface area contributed by atoms with Crippen molar-refractivity contribution in [2.75, 3.05) is 20.2 Å². The van der Waals surface area contributed by atoms with Crippen LogP contribution in [-0.2, 0) is 13.0 Å². The highest BCUT2D eigenvalue weighted by atomic mass is 32.1. The van der Waals surface area contributed by atoms with Crippen LogP contribution in [0.4, 0.5) is 0 Å². The summed E-state index contributed by atoms with van der Waals surface area (Å²) in [5.41, 5.74) is 3.28. The molecule has 7 heteroatoms. The average Bonchev–Trinajstić information content (AvgIpc) is 3.22. The Hall–Kier alpha value is -2.51. The number of hydrogen-bond donors (Lipinski definition) is 0. The van der Waals surface area contributed by atoms with Crippen LogP contribution in [0.25, 0.3) is 27.3 Å². The van der Waals surface area contributed by atoms with Crippen molar-refractivity contribution in [3.05, 3.63) is 41.0 Å². The second-order valence-corrected chi connectivity index (χ2v) is 7.66. The van der Waals surface area contributed by atoms with Crippen molar-refractivity contribution in [1.82, 2.24) is 24.5 Å². The fourth-order valence-corrected chi connectivity index (χ4v) is 4.77. The Kier molecular flexibility index (Phi) is 3.65. The molecule has 4 aromatic rings. The van der Waals surface area contributed by atoms with Crippen LogP contribution >= 0.6 is 11.3 Å². The number of fused-ring (bicyclic) bond motifs is 5. The van der Waals surface area contributed by atoms with Gasteiger partial charge in [0.25, 0.3) is 0 Å². The van der Waals surface area contributed by atoms with Gasteiger partial charge < -0.3 is 9.64 Å². The zero-order valence-corrected chi connectivity index (χ0v) is 15.6. The maximum Gasteiger partial charge on any atom is 0.182 e. The molecule has 0 unspecified atom stereocenters. The second kappa shape index (κ2) is 6.03. The Morgan fingerprint density at radius 3 is 2.88 bits per heavy atom. The molecule has 0 radical (unpaired) electrons. The van der Waals surface area contributed by atoms with Crippen LogP contribution in [0.15, 0.2) is 30.6 Å². The third-order valence-electron chi connectivity index (χ3n) is 4.79. The number of rotatable bonds is 3. The molecule has 0 N–H and O–H groups in total. The minimum absolute atomic E-state index is 0.661. The van der Waals surface area contributed by atoms with Gasteiger partial charge in [0.2, 0.25) is 0 Å². The predicted molar refractivity (Wildman–Crippen MR) is 103 cm³/mol. The molecule has 0 fully saturated rings. The molecule has 0 saturated carbocycles. The molecule has 4 heterocycles. The Morgan fingerprint density at radius 2 is 2.08 bits per heavy atom. The molecule has 0 saturated heterocycles. The monoisotopic (exact) mass is 365 g/mol. The van der Waals surface area contributed by atoms with Gasteiger partial charge in [0.05, 0.1) is 12.0 Å². The SMILES string of the molecule is CCOc1ccc(-c2nc3c4c5c(sc4ncn3n2)CN(C)CC5)cc1. The summed E-state index contributed by atoms with van der Waals surface area (Å²) in [4.78, 5) is 14.3. The first-order valence-electron chi connectivity index (χ1n) is 8.80. The minimum Gasteiger partial charge on any atom is -0.494 e. The van der Waals surface area contributed by atoms with E-state index in [1.54, 1.807) is 22.2 Å². The molecule has 5 rings (SSSR count). The lowest BCUT2D eigenvalue weighted by molar-refractivity contribution is 0.318. The van der Waals surface area contributed by atoms with E-state index >= 15 is 0 Å². The van der Waals surface area contributed by atoms with Gasteiger partial charge in [0.15, 0.2) is 11.5 Å². The normalized spacial score (nSPS) is 14.8. The van der Waals surface area contributed by atoms with Crippen LogP contribution in [0.1, 0.15) is 17.4 Å². The number of likely N-dealkylation sites (N-methyl/N-ethyl adjacent to an activating group) is 1. The molecular formula is C19H19N5OS. The van der Waals surface area contributed by atoms with Gasteiger partial charge in [0, 0.05) is 23.5 Å². The Morgan fingerprint density at radius 1 is 1.23 bits per heavy atom. The molecule has 0 spiro atoms. The van der Waals surface area contributed by atoms with Crippen molar-refractivity contribution in [3.63, 3.8) is 0 Å². The summed E-state index contributed by atoms with van der Waals surface area (Å²) in [5.74, 6) is 1.58. The van der Waals surface area contributed by atoms with Crippen LogP contribution in [0, 0.1) is 0 Å². The molecule has 1 aliphatic heterocycles. The fraction of sp³-hybridized carbons (Fsp3) is 0.316. The van der Waals surface area contributed by atoms with Crippen LogP contribution in [-0.4, -0.2) is 44.7 Å². The van der Waals surface area contributed by atoms with Gasteiger partial charge >= 0.3 is 0 Å². The molecule has 1 aliphatic rings. The lowest BCUT2D eigenvalue weighted by Crippen LogP contribution is -2.25. The van der Waals surface area contributed by atoms with Crippen molar-refractivity contribution < 1.29 is 4.74 Å². The van der Waals surface area contributed by atoms with Crippen molar-refractivity contribution in [1.29, 1.82) is 0 Å². The zero-order valence-electron chi connectivity index (χ0n) is 14.8. The Balaban J connectivity index is 1.64. The molecule has 26 heavy (non-hydrogen) atoms. The highest BCUT2D eigenvalue weighted by Crippen LogP contribution is 2.36. The highest BCUT2D eigenvalue weighted by Gasteiger charge is 2.22. The van der Waals surface area contributed by atoms with Gasteiger partial charge in [0.1, 0.15) is 16.9 Å². The summed E-state index contributed by atoms with van der Waals surface area (Å²) in [5, 5.41) is 5.82. The summed E-state index contributed by atoms with van der Waals surface area (Å²) >= 11 is 1.78. The van der Waals surface area contributed by atoms with Crippen molar-refractivity contribution >= 4 is 27.2 Å². The number of benzene rings is 1. The smallest absolute Gasteiger partial charge is 0.182 e. The van der Waals surface area contributed by atoms with E-state index in [2.05, 4.69) is 22.0 Å². The number of ether oxygens (including phenoxy) is 1. The first-order chi connectivity index (χ1) is 12.7. The third kappa shape index (κ3) is 2.47. The van der Waals surface area contributed by atoms with E-state index in [1.165, 1.54) is 15.8 Å². The van der Waals surface area contributed by atoms with Crippen LogP contribution < -0.4 is 4.74 Å². The fourth-order valence-electron chi connectivity index (χ4n) is 3.51. The maximum absolute atomic E-state index is 5.52. The van der Waals surface area contributed by atoms with E-state index in [1.807, 2.05) is 31.2 Å². The molecule has 0 aliphatic carbocycles. The second-order valence-electron chi connectivity index (χ2n) is 6.58. The van der Waals surface area contributed by atoms with Gasteiger partial charge in [-0.3, -0.25) is 0 Å². The maximum atomic E-state index is 5.52. The topological polar surface area (TPSA) is 55.6 Å². The van der Waals surface area contributed by atoms with E-state index in [9.17, 15) is 0 Å². The summed E-state index contributed by atoms with van der Waals surface area (Å²) < 4.78 is 7.32. The van der Waals surface area contributed by atoms with Crippen LogP contribution in [0.2, 0.25) is 0 Å². The van der Waals surface area contributed by atoms with E-state index in [-0.39, 0.29) is 0 Å². The van der Waals surface area contributed by atoms with E-state index < -0.39 is 0 Å². The molecule has 132 valence electrons. The van der Waals surface area contributed by atoms with Crippen LogP contribution in [0.5, 0.6) is 5.75 Å². The van der Waals surface area contributed by atoms with Gasteiger partial charge in [-0.15, -0.1) is 16.4 Å². The molecule has 0 amide bonds. The van der Waals surface area contributed by atoms with E-state index in [4.69, 9.17) is 9.72 Å². The number of thiophene rings is 1. The van der Waals surface area contributed by atoms with Crippen LogP contribution in [0.3, 0.4) is 0 Å². The number of nitrogens with zero attached hydrogens (tertiary/aromatic N) is 5. The lowest BCUT2D eigenvalue weighted by Gasteiger charge is -2.21. The summed E-state index contributed by atoms with van der Waals surface area (Å²) in [6.07, 6.45) is 2.81. The van der Waals surface area contributed by atoms with Gasteiger partial charge in [-0.25, -0.2) is 14.5 Å². The van der Waals surface area contributed by atoms with Gasteiger partial charge in [-0.05, 0) is 50.2 Å². The van der Waals surface area contributed by atoms with Gasteiger partial charge in [-0.2, -0.15) is 0 Å². The number of aromatic nitrogens is 4. The van der Waals surface area contributed by atoms with E-state index in [0.29, 0.717) is 6.61 Å². The first-order valence-corrected chi connectivity index (χ1v) is 9.62. The summed E-state index contributed by atoms with van der Waals surface area (Å²) in [6.45, 7) is 4.70. The first kappa shape index (κ1) is 15.7. The van der Waals surface area contributed by atoms with Crippen molar-refractivity contribution in [2.24, 2.45) is 0 Å². The molecule has 1 aromatic carbocycles. The van der Waals surface area contributed by atoms with Gasteiger partial charge in [-0.1, -0.05) is 0 Å². The third-order valence-corrected chi connectivity index (χ3v) is 5.92. The molecule has 3 aromatic heterocycles. The summed E-state index contributed by atoms with van der Waals surface area (Å²) in [7, 11) is 2.16. The highest BCUT2D eigenvalue weighted by molar-refractivity contribution is 7.19. The minimum atomic E-state index is 0.661. The number of hydrogen-bond acceptors (Lipinski definition) is 6. The average molecular weight is 365 g/mol. The van der Waals surface area contributed by atoms with Crippen molar-refractivity contribution in [2.45, 2.75) is 19.9 Å².